The van der Waals surface area contributed by atoms with Gasteiger partial charge in [0.05, 0.1) is 28.4 Å². The highest BCUT2D eigenvalue weighted by molar-refractivity contribution is 5.89. The van der Waals surface area contributed by atoms with Gasteiger partial charge in [-0.15, -0.1) is 0 Å². The van der Waals surface area contributed by atoms with E-state index in [1.54, 1.807) is 40.6 Å². The van der Waals surface area contributed by atoms with Crippen molar-refractivity contribution in [3.8, 4) is 40.0 Å². The molecule has 0 aliphatic rings. The van der Waals surface area contributed by atoms with Gasteiger partial charge in [0.15, 0.2) is 11.5 Å². The zero-order chi connectivity index (χ0) is 22.0. The van der Waals surface area contributed by atoms with Crippen molar-refractivity contribution in [1.29, 1.82) is 0 Å². The third kappa shape index (κ3) is 3.84. The van der Waals surface area contributed by atoms with Crippen molar-refractivity contribution in [3.05, 3.63) is 66.2 Å². The van der Waals surface area contributed by atoms with Crippen LogP contribution in [-0.4, -0.2) is 38.1 Å². The number of fused-ring (bicyclic) bond motifs is 1. The summed E-state index contributed by atoms with van der Waals surface area (Å²) in [6.07, 6.45) is 0. The molecular weight excluding hydrogens is 394 g/mol. The average Bonchev–Trinajstić information content (AvgIpc) is 3.16. The lowest BCUT2D eigenvalue weighted by Crippen LogP contribution is -2.02. The van der Waals surface area contributed by atoms with Gasteiger partial charge in [0.1, 0.15) is 11.5 Å². The minimum Gasteiger partial charge on any atom is -0.508 e. The van der Waals surface area contributed by atoms with Crippen LogP contribution in [0.1, 0.15) is 5.56 Å². The van der Waals surface area contributed by atoms with E-state index in [0.29, 0.717) is 23.8 Å². The Kier molecular flexibility index (Phi) is 5.62. The largest absolute Gasteiger partial charge is 0.508 e. The van der Waals surface area contributed by atoms with E-state index in [4.69, 9.17) is 18.9 Å². The van der Waals surface area contributed by atoms with Crippen LogP contribution in [0.15, 0.2) is 60.7 Å². The zero-order valence-electron chi connectivity index (χ0n) is 18.0. The minimum atomic E-state index is 0.246. The highest BCUT2D eigenvalue weighted by Gasteiger charge is 2.18. The van der Waals surface area contributed by atoms with Gasteiger partial charge >= 0.3 is 0 Å². The molecule has 1 aromatic heterocycles. The number of nitrogens with zero attached hydrogens (tertiary/aromatic N) is 1. The predicted octanol–water partition coefficient (Wildman–Crippen LogP) is 5.10. The van der Waals surface area contributed by atoms with E-state index in [1.807, 2.05) is 36.4 Å². The fourth-order valence-corrected chi connectivity index (χ4v) is 3.80. The standard InChI is InChI=1S/C25H25NO5/c1-28-20-9-10-21-17(11-20)12-22(26(21)15-16-5-7-19(27)8-6-16)18-13-23(29-2)25(31-4)24(14-18)30-3/h5-14,27H,15H2,1-4H3. The summed E-state index contributed by atoms with van der Waals surface area (Å²) in [6.45, 7) is 0.627. The molecule has 0 aliphatic carbocycles. The number of rotatable bonds is 7. The van der Waals surface area contributed by atoms with E-state index < -0.39 is 0 Å². The van der Waals surface area contributed by atoms with E-state index in [1.165, 1.54) is 0 Å². The molecule has 6 heteroatoms. The molecule has 1 heterocycles. The van der Waals surface area contributed by atoms with Crippen LogP contribution in [0.5, 0.6) is 28.7 Å². The molecule has 0 amide bonds. The molecule has 0 bridgehead atoms. The Morgan fingerprint density at radius 3 is 2.00 bits per heavy atom. The molecule has 0 saturated carbocycles. The first-order valence-electron chi connectivity index (χ1n) is 9.83. The Morgan fingerprint density at radius 2 is 1.42 bits per heavy atom. The van der Waals surface area contributed by atoms with E-state index in [9.17, 15) is 5.11 Å². The minimum absolute atomic E-state index is 0.246. The maximum atomic E-state index is 9.65. The molecule has 0 aliphatic heterocycles. The van der Waals surface area contributed by atoms with Gasteiger partial charge in [-0.25, -0.2) is 0 Å². The van der Waals surface area contributed by atoms with Crippen molar-refractivity contribution in [3.63, 3.8) is 0 Å². The molecule has 0 saturated heterocycles. The Hall–Kier alpha value is -3.80. The lowest BCUT2D eigenvalue weighted by Gasteiger charge is -2.16. The van der Waals surface area contributed by atoms with Crippen LogP contribution < -0.4 is 18.9 Å². The Balaban J connectivity index is 1.93. The Morgan fingerprint density at radius 1 is 0.742 bits per heavy atom. The lowest BCUT2D eigenvalue weighted by molar-refractivity contribution is 0.324. The fraction of sp³-hybridized carbons (Fsp3) is 0.200. The second-order valence-corrected chi connectivity index (χ2v) is 7.12. The summed E-state index contributed by atoms with van der Waals surface area (Å²) in [4.78, 5) is 0. The molecule has 1 N–H and O–H groups in total. The Labute approximate surface area is 181 Å². The molecule has 4 aromatic rings. The molecule has 3 aromatic carbocycles. The second kappa shape index (κ2) is 8.52. The van der Waals surface area contributed by atoms with Gasteiger partial charge < -0.3 is 28.6 Å². The third-order valence-corrected chi connectivity index (χ3v) is 5.35. The predicted molar refractivity (Wildman–Crippen MR) is 121 cm³/mol. The van der Waals surface area contributed by atoms with Gasteiger partial charge in [-0.3, -0.25) is 0 Å². The van der Waals surface area contributed by atoms with Gasteiger partial charge in [-0.2, -0.15) is 0 Å². The molecular formula is C25H25NO5. The van der Waals surface area contributed by atoms with Crippen LogP contribution >= 0.6 is 0 Å². The van der Waals surface area contributed by atoms with Crippen LogP contribution in [-0.2, 0) is 6.54 Å². The van der Waals surface area contributed by atoms with Crippen LogP contribution in [0.3, 0.4) is 0 Å². The highest BCUT2D eigenvalue weighted by Crippen LogP contribution is 2.42. The summed E-state index contributed by atoms with van der Waals surface area (Å²) in [5.41, 5.74) is 4.07. The maximum Gasteiger partial charge on any atom is 0.203 e. The summed E-state index contributed by atoms with van der Waals surface area (Å²) in [6, 6.07) is 19.3. The van der Waals surface area contributed by atoms with Crippen molar-refractivity contribution in [2.75, 3.05) is 28.4 Å². The maximum absolute atomic E-state index is 9.65. The normalized spacial score (nSPS) is 10.8. The SMILES string of the molecule is COc1ccc2c(c1)cc(-c1cc(OC)c(OC)c(OC)c1)n2Cc1ccc(O)cc1. The number of aromatic nitrogens is 1. The summed E-state index contributed by atoms with van der Waals surface area (Å²) in [7, 11) is 6.47. The quantitative estimate of drug-likeness (QED) is 0.452. The average molecular weight is 419 g/mol. The summed E-state index contributed by atoms with van der Waals surface area (Å²) in [5.74, 6) is 2.78. The molecule has 160 valence electrons. The number of phenols is 1. The van der Waals surface area contributed by atoms with Gasteiger partial charge in [-0.05, 0) is 54.1 Å². The first kappa shape index (κ1) is 20.5. The highest BCUT2D eigenvalue weighted by atomic mass is 16.5. The van der Waals surface area contributed by atoms with Crippen molar-refractivity contribution >= 4 is 10.9 Å². The molecule has 4 rings (SSSR count). The zero-order valence-corrected chi connectivity index (χ0v) is 18.0. The number of aromatic hydroxyl groups is 1. The monoisotopic (exact) mass is 419 g/mol. The van der Waals surface area contributed by atoms with Crippen molar-refractivity contribution in [2.24, 2.45) is 0 Å². The van der Waals surface area contributed by atoms with Crippen LogP contribution in [0.2, 0.25) is 0 Å². The molecule has 0 fully saturated rings. The van der Waals surface area contributed by atoms with Crippen LogP contribution in [0.25, 0.3) is 22.2 Å². The van der Waals surface area contributed by atoms with E-state index in [2.05, 4.69) is 16.7 Å². The first-order chi connectivity index (χ1) is 15.1. The summed E-state index contributed by atoms with van der Waals surface area (Å²) < 4.78 is 24.2. The molecule has 6 nitrogen and oxygen atoms in total. The number of benzene rings is 3. The van der Waals surface area contributed by atoms with Gasteiger partial charge in [0.25, 0.3) is 0 Å². The van der Waals surface area contributed by atoms with Crippen molar-refractivity contribution in [2.45, 2.75) is 6.54 Å². The molecule has 0 spiro atoms. The fourth-order valence-electron chi connectivity index (χ4n) is 3.80. The van der Waals surface area contributed by atoms with Crippen molar-refractivity contribution in [1.82, 2.24) is 4.57 Å². The number of hydrogen-bond acceptors (Lipinski definition) is 5. The lowest BCUT2D eigenvalue weighted by atomic mass is 10.1. The first-order valence-corrected chi connectivity index (χ1v) is 9.83. The molecule has 0 atom stereocenters. The van der Waals surface area contributed by atoms with Gasteiger partial charge in [-0.1, -0.05) is 12.1 Å². The smallest absolute Gasteiger partial charge is 0.203 e. The molecule has 0 radical (unpaired) electrons. The van der Waals surface area contributed by atoms with E-state index in [0.717, 1.165) is 33.5 Å². The van der Waals surface area contributed by atoms with E-state index in [-0.39, 0.29) is 5.75 Å². The van der Waals surface area contributed by atoms with E-state index >= 15 is 0 Å². The number of methoxy groups -OCH3 is 4. The molecule has 0 unspecified atom stereocenters. The van der Waals surface area contributed by atoms with Gasteiger partial charge in [0, 0.05) is 28.7 Å². The van der Waals surface area contributed by atoms with Crippen molar-refractivity contribution < 1.29 is 24.1 Å². The number of phenolic OH excluding ortho intramolecular Hbond substituents is 1. The summed E-state index contributed by atoms with van der Waals surface area (Å²) in [5, 5.41) is 10.7. The van der Waals surface area contributed by atoms with Gasteiger partial charge in [0.2, 0.25) is 5.75 Å². The number of hydrogen-bond donors (Lipinski definition) is 1. The van der Waals surface area contributed by atoms with Crippen LogP contribution in [0, 0.1) is 0 Å². The second-order valence-electron chi connectivity index (χ2n) is 7.12. The van der Waals surface area contributed by atoms with Crippen LogP contribution in [0.4, 0.5) is 0 Å². The number of ether oxygens (including phenoxy) is 4. The molecule has 31 heavy (non-hydrogen) atoms. The third-order valence-electron chi connectivity index (χ3n) is 5.35. The Bertz CT molecular complexity index is 1190. The summed E-state index contributed by atoms with van der Waals surface area (Å²) >= 11 is 0. The topological polar surface area (TPSA) is 62.1 Å².